The molecule has 2 aromatic rings. The zero-order chi connectivity index (χ0) is 15.4. The lowest BCUT2D eigenvalue weighted by Gasteiger charge is -2.11. The molecule has 4 nitrogen and oxygen atoms in total. The summed E-state index contributed by atoms with van der Waals surface area (Å²) in [6.07, 6.45) is 2.59. The van der Waals surface area contributed by atoms with Crippen LogP contribution >= 0.6 is 0 Å². The smallest absolute Gasteiger partial charge is 0.227 e. The maximum Gasteiger partial charge on any atom is 0.227 e. The van der Waals surface area contributed by atoms with Crippen molar-refractivity contribution in [2.45, 2.75) is 25.3 Å². The highest BCUT2D eigenvalue weighted by Crippen LogP contribution is 2.26. The number of hydrogen-bond donors (Lipinski definition) is 2. The first kappa shape index (κ1) is 14.6. The SMILES string of the molecule is NC1CCC(C(=O)Nc2ccc(Oc3ccccc3)cc2)C1. The Bertz CT molecular complexity index is 625. The van der Waals surface area contributed by atoms with Gasteiger partial charge in [0, 0.05) is 17.6 Å². The van der Waals surface area contributed by atoms with Crippen molar-refractivity contribution in [2.24, 2.45) is 11.7 Å². The maximum atomic E-state index is 12.1. The third kappa shape index (κ3) is 3.65. The summed E-state index contributed by atoms with van der Waals surface area (Å²) < 4.78 is 5.72. The fourth-order valence-corrected chi connectivity index (χ4v) is 2.73. The number of hydrogen-bond acceptors (Lipinski definition) is 3. The summed E-state index contributed by atoms with van der Waals surface area (Å²) in [4.78, 5) is 12.1. The Kier molecular flexibility index (Phi) is 4.39. The van der Waals surface area contributed by atoms with Gasteiger partial charge in [-0.1, -0.05) is 18.2 Å². The van der Waals surface area contributed by atoms with Crippen LogP contribution in [0.1, 0.15) is 19.3 Å². The predicted molar refractivity (Wildman–Crippen MR) is 86.9 cm³/mol. The Morgan fingerprint density at radius 2 is 1.68 bits per heavy atom. The molecule has 0 aromatic heterocycles. The summed E-state index contributed by atoms with van der Waals surface area (Å²) >= 11 is 0. The average Bonchev–Trinajstić information content (AvgIpc) is 2.97. The summed E-state index contributed by atoms with van der Waals surface area (Å²) in [7, 11) is 0. The van der Waals surface area contributed by atoms with Crippen molar-refractivity contribution >= 4 is 11.6 Å². The second kappa shape index (κ2) is 6.62. The van der Waals surface area contributed by atoms with E-state index >= 15 is 0 Å². The van der Waals surface area contributed by atoms with E-state index in [1.807, 2.05) is 54.6 Å². The molecule has 114 valence electrons. The molecule has 1 amide bonds. The first-order valence-corrected chi connectivity index (χ1v) is 7.60. The lowest BCUT2D eigenvalue weighted by molar-refractivity contribution is -0.119. The van der Waals surface area contributed by atoms with Crippen molar-refractivity contribution in [2.75, 3.05) is 5.32 Å². The van der Waals surface area contributed by atoms with E-state index in [9.17, 15) is 4.79 Å². The normalized spacial score (nSPS) is 20.6. The molecule has 3 rings (SSSR count). The van der Waals surface area contributed by atoms with E-state index in [1.54, 1.807) is 0 Å². The number of amides is 1. The highest BCUT2D eigenvalue weighted by atomic mass is 16.5. The number of carbonyl (C=O) groups excluding carboxylic acids is 1. The van der Waals surface area contributed by atoms with E-state index in [0.29, 0.717) is 0 Å². The van der Waals surface area contributed by atoms with Crippen molar-refractivity contribution < 1.29 is 9.53 Å². The number of ether oxygens (including phenoxy) is 1. The molecule has 0 spiro atoms. The Balaban J connectivity index is 1.58. The predicted octanol–water partition coefficient (Wildman–Crippen LogP) is 3.54. The van der Waals surface area contributed by atoms with Gasteiger partial charge in [-0.25, -0.2) is 0 Å². The van der Waals surface area contributed by atoms with Gasteiger partial charge in [-0.05, 0) is 55.7 Å². The van der Waals surface area contributed by atoms with Crippen LogP contribution in [-0.2, 0) is 4.79 Å². The summed E-state index contributed by atoms with van der Waals surface area (Å²) in [6.45, 7) is 0. The molecule has 2 atom stereocenters. The fourth-order valence-electron chi connectivity index (χ4n) is 2.73. The van der Waals surface area contributed by atoms with Crippen LogP contribution in [0.15, 0.2) is 54.6 Å². The van der Waals surface area contributed by atoms with Crippen LogP contribution < -0.4 is 15.8 Å². The molecule has 3 N–H and O–H groups in total. The number of anilines is 1. The second-order valence-corrected chi connectivity index (χ2v) is 5.70. The van der Waals surface area contributed by atoms with Crippen LogP contribution in [0.4, 0.5) is 5.69 Å². The molecule has 0 radical (unpaired) electrons. The second-order valence-electron chi connectivity index (χ2n) is 5.70. The largest absolute Gasteiger partial charge is 0.457 e. The summed E-state index contributed by atoms with van der Waals surface area (Å²) in [6, 6.07) is 17.2. The van der Waals surface area contributed by atoms with Crippen LogP contribution in [-0.4, -0.2) is 11.9 Å². The quantitative estimate of drug-likeness (QED) is 0.907. The van der Waals surface area contributed by atoms with Gasteiger partial charge in [0.05, 0.1) is 0 Å². The molecule has 1 fully saturated rings. The van der Waals surface area contributed by atoms with E-state index in [2.05, 4.69) is 5.32 Å². The lowest BCUT2D eigenvalue weighted by Crippen LogP contribution is -2.23. The molecule has 0 bridgehead atoms. The number of nitrogens with one attached hydrogen (secondary N) is 1. The molecule has 2 unspecified atom stereocenters. The molecule has 2 aromatic carbocycles. The minimum atomic E-state index is 0.0373. The zero-order valence-corrected chi connectivity index (χ0v) is 12.4. The van der Waals surface area contributed by atoms with Gasteiger partial charge in [0.1, 0.15) is 11.5 Å². The summed E-state index contributed by atoms with van der Waals surface area (Å²) in [5, 5.41) is 2.95. The van der Waals surface area contributed by atoms with Crippen LogP contribution in [0, 0.1) is 5.92 Å². The molecule has 1 aliphatic rings. The molecule has 22 heavy (non-hydrogen) atoms. The van der Waals surface area contributed by atoms with Crippen molar-refractivity contribution in [1.82, 2.24) is 0 Å². The monoisotopic (exact) mass is 296 g/mol. The summed E-state index contributed by atoms with van der Waals surface area (Å²) in [5.41, 5.74) is 6.64. The topological polar surface area (TPSA) is 64.4 Å². The van der Waals surface area contributed by atoms with E-state index < -0.39 is 0 Å². The van der Waals surface area contributed by atoms with Crippen molar-refractivity contribution in [3.8, 4) is 11.5 Å². The van der Waals surface area contributed by atoms with Gasteiger partial charge in [-0.2, -0.15) is 0 Å². The highest BCUT2D eigenvalue weighted by molar-refractivity contribution is 5.92. The maximum absolute atomic E-state index is 12.1. The number of nitrogens with two attached hydrogens (primary N) is 1. The Labute approximate surface area is 130 Å². The van der Waals surface area contributed by atoms with E-state index in [1.165, 1.54) is 0 Å². The standard InChI is InChI=1S/C18H20N2O2/c19-14-7-6-13(12-14)18(21)20-15-8-10-17(11-9-15)22-16-4-2-1-3-5-16/h1-5,8-11,13-14H,6-7,12,19H2,(H,20,21). The third-order valence-corrected chi connectivity index (χ3v) is 3.94. The molecular weight excluding hydrogens is 276 g/mol. The molecule has 1 aliphatic carbocycles. The van der Waals surface area contributed by atoms with Gasteiger partial charge in [0.15, 0.2) is 0 Å². The van der Waals surface area contributed by atoms with Crippen molar-refractivity contribution in [1.29, 1.82) is 0 Å². The molecule has 0 aliphatic heterocycles. The van der Waals surface area contributed by atoms with E-state index in [-0.39, 0.29) is 17.9 Å². The zero-order valence-electron chi connectivity index (χ0n) is 12.4. The molecule has 1 saturated carbocycles. The molecule has 0 heterocycles. The van der Waals surface area contributed by atoms with Crippen LogP contribution in [0.25, 0.3) is 0 Å². The molecule has 0 saturated heterocycles. The average molecular weight is 296 g/mol. The number of benzene rings is 2. The fraction of sp³-hybridized carbons (Fsp3) is 0.278. The van der Waals surface area contributed by atoms with Gasteiger partial charge < -0.3 is 15.8 Å². The first-order chi connectivity index (χ1) is 10.7. The van der Waals surface area contributed by atoms with Crippen molar-refractivity contribution in [3.63, 3.8) is 0 Å². The Morgan fingerprint density at radius 3 is 2.32 bits per heavy atom. The van der Waals surface area contributed by atoms with Crippen molar-refractivity contribution in [3.05, 3.63) is 54.6 Å². The number of rotatable bonds is 4. The Morgan fingerprint density at radius 1 is 1.00 bits per heavy atom. The van der Waals surface area contributed by atoms with Gasteiger partial charge >= 0.3 is 0 Å². The molecule has 4 heteroatoms. The minimum absolute atomic E-state index is 0.0373. The summed E-state index contributed by atoms with van der Waals surface area (Å²) in [5.74, 6) is 1.63. The molecular formula is C18H20N2O2. The highest BCUT2D eigenvalue weighted by Gasteiger charge is 2.27. The first-order valence-electron chi connectivity index (χ1n) is 7.60. The van der Waals surface area contributed by atoms with Gasteiger partial charge in [-0.3, -0.25) is 4.79 Å². The van der Waals surface area contributed by atoms with E-state index in [0.717, 1.165) is 36.4 Å². The van der Waals surface area contributed by atoms with E-state index in [4.69, 9.17) is 10.5 Å². The van der Waals surface area contributed by atoms with Gasteiger partial charge in [-0.15, -0.1) is 0 Å². The van der Waals surface area contributed by atoms with Crippen LogP contribution in [0.5, 0.6) is 11.5 Å². The van der Waals surface area contributed by atoms with Crippen LogP contribution in [0.2, 0.25) is 0 Å². The number of carbonyl (C=O) groups is 1. The number of para-hydroxylation sites is 1. The van der Waals surface area contributed by atoms with Crippen LogP contribution in [0.3, 0.4) is 0 Å². The lowest BCUT2D eigenvalue weighted by atomic mass is 10.1. The minimum Gasteiger partial charge on any atom is -0.457 e. The van der Waals surface area contributed by atoms with Gasteiger partial charge in [0.2, 0.25) is 5.91 Å². The van der Waals surface area contributed by atoms with Gasteiger partial charge in [0.25, 0.3) is 0 Å². The third-order valence-electron chi connectivity index (χ3n) is 3.94. The Hall–Kier alpha value is -2.33.